The molecule has 2 aliphatic heterocycles. The zero-order valence-corrected chi connectivity index (χ0v) is 19.2. The Labute approximate surface area is 170 Å². The largest absolute Gasteiger partial charge is 0.478 e. The van der Waals surface area contributed by atoms with Gasteiger partial charge in [0, 0.05) is 18.5 Å². The third kappa shape index (κ3) is 4.69. The molecule has 0 bridgehead atoms. The molecule has 2 rings (SSSR count). The van der Waals surface area contributed by atoms with Crippen molar-refractivity contribution in [3.8, 4) is 0 Å². The molecule has 0 aliphatic carbocycles. The lowest BCUT2D eigenvalue weighted by Crippen LogP contribution is -2.47. The molecule has 160 valence electrons. The van der Waals surface area contributed by atoms with Gasteiger partial charge < -0.3 is 14.4 Å². The first-order chi connectivity index (χ1) is 13.0. The van der Waals surface area contributed by atoms with E-state index >= 15 is 0 Å². The summed E-state index contributed by atoms with van der Waals surface area (Å²) in [5.74, 6) is 2.03. The Balaban J connectivity index is 2.39. The van der Waals surface area contributed by atoms with E-state index in [-0.39, 0.29) is 36.5 Å². The van der Waals surface area contributed by atoms with Crippen LogP contribution in [0.4, 0.5) is 0 Å². The minimum atomic E-state index is -0.771. The number of ether oxygens (including phenoxy) is 2. The zero-order valence-electron chi connectivity index (χ0n) is 19.2. The third-order valence-electron chi connectivity index (χ3n) is 5.74. The molecule has 2 aliphatic rings. The van der Waals surface area contributed by atoms with Gasteiger partial charge in [0.05, 0.1) is 12.1 Å². The van der Waals surface area contributed by atoms with Crippen molar-refractivity contribution in [2.24, 2.45) is 27.2 Å². The Morgan fingerprint density at radius 3 is 1.61 bits per heavy atom. The maximum Gasteiger partial charge on any atom is 0.224 e. The SMILES string of the molecule is CC(C)[C@H]1COC(C(C)(CC(=O)N(C(C)C)C(C)C)C2=N[C@@H](C(C)C)CO2)=N1. The average Bonchev–Trinajstić information content (AvgIpc) is 3.24. The van der Waals surface area contributed by atoms with Gasteiger partial charge >= 0.3 is 0 Å². The first kappa shape index (κ1) is 22.7. The van der Waals surface area contributed by atoms with E-state index in [1.807, 2.05) is 39.5 Å². The van der Waals surface area contributed by atoms with Gasteiger partial charge in [0.2, 0.25) is 5.91 Å². The molecule has 0 N–H and O–H groups in total. The van der Waals surface area contributed by atoms with Crippen molar-refractivity contribution in [2.75, 3.05) is 13.2 Å². The van der Waals surface area contributed by atoms with E-state index in [9.17, 15) is 4.79 Å². The highest BCUT2D eigenvalue weighted by molar-refractivity contribution is 6.08. The molecule has 0 saturated carbocycles. The molecular weight excluding hydrogens is 354 g/mol. The van der Waals surface area contributed by atoms with E-state index in [0.29, 0.717) is 36.8 Å². The lowest BCUT2D eigenvalue weighted by atomic mass is 9.84. The summed E-state index contributed by atoms with van der Waals surface area (Å²) >= 11 is 0. The minimum Gasteiger partial charge on any atom is -0.478 e. The zero-order chi connectivity index (χ0) is 21.2. The van der Waals surface area contributed by atoms with Crippen LogP contribution in [0.15, 0.2) is 9.98 Å². The summed E-state index contributed by atoms with van der Waals surface area (Å²) in [4.78, 5) is 24.9. The van der Waals surface area contributed by atoms with Gasteiger partial charge in [-0.3, -0.25) is 4.79 Å². The number of carbonyl (C=O) groups is 1. The molecule has 0 aromatic heterocycles. The summed E-state index contributed by atoms with van der Waals surface area (Å²) in [5.41, 5.74) is -0.771. The molecular formula is C22H39N3O3. The van der Waals surface area contributed by atoms with Gasteiger partial charge in [-0.05, 0) is 46.5 Å². The van der Waals surface area contributed by atoms with Crippen molar-refractivity contribution in [3.63, 3.8) is 0 Å². The summed E-state index contributed by atoms with van der Waals surface area (Å²) in [6, 6.07) is 0.472. The second kappa shape index (κ2) is 8.83. The molecule has 1 amide bonds. The fourth-order valence-electron chi connectivity index (χ4n) is 3.87. The number of aliphatic imine (C=N–C) groups is 2. The number of carbonyl (C=O) groups excluding carboxylic acids is 1. The van der Waals surface area contributed by atoms with Crippen LogP contribution in [0.2, 0.25) is 0 Å². The van der Waals surface area contributed by atoms with Crippen molar-refractivity contribution < 1.29 is 14.3 Å². The van der Waals surface area contributed by atoms with Crippen molar-refractivity contribution in [1.82, 2.24) is 4.90 Å². The Morgan fingerprint density at radius 2 is 1.32 bits per heavy atom. The molecule has 2 heterocycles. The topological polar surface area (TPSA) is 63.5 Å². The van der Waals surface area contributed by atoms with E-state index in [0.717, 1.165) is 0 Å². The lowest BCUT2D eigenvalue weighted by molar-refractivity contribution is -0.135. The fourth-order valence-corrected chi connectivity index (χ4v) is 3.87. The molecule has 2 atom stereocenters. The van der Waals surface area contributed by atoms with E-state index in [4.69, 9.17) is 19.5 Å². The van der Waals surface area contributed by atoms with Gasteiger partial charge in [0.25, 0.3) is 0 Å². The first-order valence-corrected chi connectivity index (χ1v) is 10.7. The Morgan fingerprint density at radius 1 is 0.929 bits per heavy atom. The summed E-state index contributed by atoms with van der Waals surface area (Å²) in [6.45, 7) is 19.8. The molecule has 6 nitrogen and oxygen atoms in total. The van der Waals surface area contributed by atoms with Crippen LogP contribution >= 0.6 is 0 Å². The number of nitrogens with zero attached hydrogens (tertiary/aromatic N) is 3. The molecule has 0 unspecified atom stereocenters. The molecule has 0 spiro atoms. The summed E-state index contributed by atoms with van der Waals surface area (Å²) in [7, 11) is 0. The minimum absolute atomic E-state index is 0.0751. The quantitative estimate of drug-likeness (QED) is 0.627. The second-order valence-corrected chi connectivity index (χ2v) is 9.61. The smallest absolute Gasteiger partial charge is 0.224 e. The number of hydrogen-bond donors (Lipinski definition) is 0. The van der Waals surface area contributed by atoms with Gasteiger partial charge in [-0.25, -0.2) is 9.98 Å². The highest BCUT2D eigenvalue weighted by Gasteiger charge is 2.48. The lowest BCUT2D eigenvalue weighted by Gasteiger charge is -2.35. The standard InChI is InChI=1S/C22H39N3O3/c1-13(2)17-11-27-20(23-17)22(9,21-24-18(12-28-21)14(3)4)10-19(26)25(15(5)6)16(7)8/h13-18H,10-12H2,1-9H3/t17-,18-/m1/s1. The Bertz CT molecular complexity index is 581. The van der Waals surface area contributed by atoms with Crippen LogP contribution in [0.5, 0.6) is 0 Å². The average molecular weight is 394 g/mol. The maximum absolute atomic E-state index is 13.3. The van der Waals surface area contributed by atoms with Crippen LogP contribution in [0.25, 0.3) is 0 Å². The van der Waals surface area contributed by atoms with Crippen molar-refractivity contribution in [1.29, 1.82) is 0 Å². The fraction of sp³-hybridized carbons (Fsp3) is 0.864. The van der Waals surface area contributed by atoms with Gasteiger partial charge in [-0.2, -0.15) is 0 Å². The van der Waals surface area contributed by atoms with Crippen molar-refractivity contribution in [3.05, 3.63) is 0 Å². The number of hydrogen-bond acceptors (Lipinski definition) is 5. The molecule has 0 aromatic rings. The Hall–Kier alpha value is -1.59. The second-order valence-electron chi connectivity index (χ2n) is 9.61. The van der Waals surface area contributed by atoms with Crippen LogP contribution in [-0.2, 0) is 14.3 Å². The normalized spacial score (nSPS) is 22.6. The number of amides is 1. The van der Waals surface area contributed by atoms with Crippen molar-refractivity contribution >= 4 is 17.7 Å². The highest BCUT2D eigenvalue weighted by atomic mass is 16.5. The highest BCUT2D eigenvalue weighted by Crippen LogP contribution is 2.35. The molecule has 0 fully saturated rings. The van der Waals surface area contributed by atoms with Crippen LogP contribution < -0.4 is 0 Å². The molecule has 0 saturated heterocycles. The van der Waals surface area contributed by atoms with Gasteiger partial charge in [-0.15, -0.1) is 0 Å². The van der Waals surface area contributed by atoms with Crippen molar-refractivity contribution in [2.45, 2.75) is 92.9 Å². The molecule has 28 heavy (non-hydrogen) atoms. The third-order valence-corrected chi connectivity index (χ3v) is 5.74. The van der Waals surface area contributed by atoms with E-state index in [2.05, 4.69) is 27.7 Å². The van der Waals surface area contributed by atoms with Crippen LogP contribution in [0, 0.1) is 17.3 Å². The van der Waals surface area contributed by atoms with Crippen LogP contribution in [0.1, 0.15) is 68.7 Å². The molecule has 0 aromatic carbocycles. The summed E-state index contributed by atoms with van der Waals surface area (Å²) < 4.78 is 12.0. The summed E-state index contributed by atoms with van der Waals surface area (Å²) in [6.07, 6.45) is 0.247. The summed E-state index contributed by atoms with van der Waals surface area (Å²) in [5, 5.41) is 0. The van der Waals surface area contributed by atoms with Crippen LogP contribution in [0.3, 0.4) is 0 Å². The van der Waals surface area contributed by atoms with Gasteiger partial charge in [0.15, 0.2) is 11.8 Å². The van der Waals surface area contributed by atoms with E-state index in [1.165, 1.54) is 0 Å². The van der Waals surface area contributed by atoms with Crippen LogP contribution in [-0.4, -0.2) is 60.0 Å². The van der Waals surface area contributed by atoms with Gasteiger partial charge in [0.1, 0.15) is 18.6 Å². The maximum atomic E-state index is 13.3. The van der Waals surface area contributed by atoms with E-state index < -0.39 is 5.41 Å². The molecule has 6 heteroatoms. The Kier molecular flexibility index (Phi) is 7.16. The first-order valence-electron chi connectivity index (χ1n) is 10.7. The van der Waals surface area contributed by atoms with Gasteiger partial charge in [-0.1, -0.05) is 27.7 Å². The van der Waals surface area contributed by atoms with E-state index in [1.54, 1.807) is 0 Å². The monoisotopic (exact) mass is 393 g/mol. The predicted octanol–water partition coefficient (Wildman–Crippen LogP) is 3.93. The molecule has 0 radical (unpaired) electrons. The predicted molar refractivity (Wildman–Crippen MR) is 114 cm³/mol. The number of rotatable bonds is 8.